The van der Waals surface area contributed by atoms with Gasteiger partial charge in [0.05, 0.1) is 17.8 Å². The maximum Gasteiger partial charge on any atom is 0.242 e. The zero-order valence-electron chi connectivity index (χ0n) is 18.4. The molecule has 1 heterocycles. The molecule has 1 aromatic heterocycles. The van der Waals surface area contributed by atoms with E-state index in [0.29, 0.717) is 21.6 Å². The van der Waals surface area contributed by atoms with Crippen molar-refractivity contribution in [2.45, 2.75) is 24.3 Å². The van der Waals surface area contributed by atoms with Crippen molar-refractivity contribution >= 4 is 35.0 Å². The lowest BCUT2D eigenvalue weighted by Gasteiger charge is -2.18. The molecule has 1 atom stereocenters. The first-order valence-electron chi connectivity index (χ1n) is 10.3. The first kappa shape index (κ1) is 22.9. The monoisotopic (exact) mass is 478 g/mol. The van der Waals surface area contributed by atoms with Crippen LogP contribution in [0.5, 0.6) is 5.75 Å². The van der Waals surface area contributed by atoms with E-state index in [1.165, 1.54) is 11.8 Å². The van der Waals surface area contributed by atoms with E-state index in [1.807, 2.05) is 73.0 Å². The van der Waals surface area contributed by atoms with Crippen LogP contribution in [0, 0.1) is 13.8 Å². The average molecular weight is 479 g/mol. The van der Waals surface area contributed by atoms with Crippen molar-refractivity contribution < 1.29 is 9.53 Å². The van der Waals surface area contributed by atoms with E-state index >= 15 is 0 Å². The van der Waals surface area contributed by atoms with Crippen LogP contribution < -0.4 is 10.1 Å². The van der Waals surface area contributed by atoms with Crippen LogP contribution >= 0.6 is 23.4 Å². The van der Waals surface area contributed by atoms with Gasteiger partial charge in [0, 0.05) is 5.69 Å². The van der Waals surface area contributed by atoms with Gasteiger partial charge in [-0.2, -0.15) is 0 Å². The molecule has 0 fully saturated rings. The standard InChI is InChI=1S/C25H23ClN4O2S/c1-16-9-7-8-12-21(16)30-17(2)28-29-25(30)33-23(18-10-5-4-6-11-18)24(31)27-19-13-14-22(32-3)20(26)15-19/h4-15,23H,1-3H3,(H,27,31). The SMILES string of the molecule is COc1ccc(NC(=O)C(Sc2nnc(C)n2-c2ccccc2C)c2ccccc2)cc1Cl. The predicted octanol–water partition coefficient (Wildman–Crippen LogP) is 6.02. The molecule has 0 saturated heterocycles. The number of nitrogens with zero attached hydrogens (tertiary/aromatic N) is 3. The lowest BCUT2D eigenvalue weighted by atomic mass is 10.1. The van der Waals surface area contributed by atoms with Gasteiger partial charge in [-0.25, -0.2) is 0 Å². The summed E-state index contributed by atoms with van der Waals surface area (Å²) in [5, 5.41) is 12.1. The van der Waals surface area contributed by atoms with Crippen LogP contribution in [0.3, 0.4) is 0 Å². The number of carbonyl (C=O) groups is 1. The molecule has 1 amide bonds. The maximum atomic E-state index is 13.4. The highest BCUT2D eigenvalue weighted by Crippen LogP contribution is 2.37. The van der Waals surface area contributed by atoms with E-state index in [4.69, 9.17) is 16.3 Å². The van der Waals surface area contributed by atoms with Crippen LogP contribution in [0.4, 0.5) is 5.69 Å². The number of carbonyl (C=O) groups excluding carboxylic acids is 1. The van der Waals surface area contributed by atoms with Crippen molar-refractivity contribution in [3.05, 3.63) is 94.8 Å². The van der Waals surface area contributed by atoms with Crippen molar-refractivity contribution in [2.24, 2.45) is 0 Å². The van der Waals surface area contributed by atoms with Crippen LogP contribution in [0.1, 0.15) is 22.2 Å². The molecule has 4 rings (SSSR count). The summed E-state index contributed by atoms with van der Waals surface area (Å²) in [5.41, 5.74) is 3.52. The molecule has 1 N–H and O–H groups in total. The van der Waals surface area contributed by atoms with E-state index < -0.39 is 5.25 Å². The van der Waals surface area contributed by atoms with E-state index in [2.05, 4.69) is 15.5 Å². The molecule has 3 aromatic carbocycles. The van der Waals surface area contributed by atoms with Crippen molar-refractivity contribution in [2.75, 3.05) is 12.4 Å². The number of nitrogens with one attached hydrogen (secondary N) is 1. The van der Waals surface area contributed by atoms with Crippen LogP contribution in [-0.2, 0) is 4.79 Å². The number of ether oxygens (including phenoxy) is 1. The number of aromatic nitrogens is 3. The van der Waals surface area contributed by atoms with Gasteiger partial charge in [-0.3, -0.25) is 9.36 Å². The fourth-order valence-electron chi connectivity index (χ4n) is 3.47. The second-order valence-corrected chi connectivity index (χ2v) is 8.88. The summed E-state index contributed by atoms with van der Waals surface area (Å²) in [6, 6.07) is 22.8. The minimum atomic E-state index is -0.557. The van der Waals surface area contributed by atoms with Crippen LogP contribution in [0.15, 0.2) is 78.0 Å². The highest BCUT2D eigenvalue weighted by atomic mass is 35.5. The number of hydrogen-bond acceptors (Lipinski definition) is 5. The number of amides is 1. The van der Waals surface area contributed by atoms with E-state index in [1.54, 1.807) is 25.3 Å². The quantitative estimate of drug-likeness (QED) is 0.329. The molecular formula is C25H23ClN4O2S. The normalized spacial score (nSPS) is 11.8. The van der Waals surface area contributed by atoms with Crippen molar-refractivity contribution in [1.82, 2.24) is 14.8 Å². The molecule has 33 heavy (non-hydrogen) atoms. The number of rotatable bonds is 7. The first-order valence-corrected chi connectivity index (χ1v) is 11.6. The Morgan fingerprint density at radius 3 is 2.45 bits per heavy atom. The number of anilines is 1. The van der Waals surface area contributed by atoms with E-state index in [0.717, 1.165) is 22.6 Å². The molecule has 0 radical (unpaired) electrons. The molecular weight excluding hydrogens is 456 g/mol. The third-order valence-corrected chi connectivity index (χ3v) is 6.63. The zero-order valence-corrected chi connectivity index (χ0v) is 20.0. The largest absolute Gasteiger partial charge is 0.495 e. The summed E-state index contributed by atoms with van der Waals surface area (Å²) in [4.78, 5) is 13.4. The Hall–Kier alpha value is -3.29. The highest BCUT2D eigenvalue weighted by molar-refractivity contribution is 8.00. The summed E-state index contributed by atoms with van der Waals surface area (Å²) in [7, 11) is 1.55. The van der Waals surface area contributed by atoms with Gasteiger partial charge in [-0.05, 0) is 49.2 Å². The molecule has 168 valence electrons. The Kier molecular flexibility index (Phi) is 7.01. The van der Waals surface area contributed by atoms with Gasteiger partial charge < -0.3 is 10.1 Å². The third kappa shape index (κ3) is 5.05. The third-order valence-electron chi connectivity index (χ3n) is 5.13. The van der Waals surface area contributed by atoms with Gasteiger partial charge in [0.2, 0.25) is 5.91 Å². The van der Waals surface area contributed by atoms with Crippen LogP contribution in [0.25, 0.3) is 5.69 Å². The molecule has 6 nitrogen and oxygen atoms in total. The minimum absolute atomic E-state index is 0.190. The topological polar surface area (TPSA) is 69.0 Å². The molecule has 0 spiro atoms. The summed E-state index contributed by atoms with van der Waals surface area (Å²) in [6.07, 6.45) is 0. The number of benzene rings is 3. The summed E-state index contributed by atoms with van der Waals surface area (Å²) in [6.45, 7) is 3.94. The number of methoxy groups -OCH3 is 1. The predicted molar refractivity (Wildman–Crippen MR) is 133 cm³/mol. The lowest BCUT2D eigenvalue weighted by molar-refractivity contribution is -0.115. The second-order valence-electron chi connectivity index (χ2n) is 7.40. The molecule has 0 aliphatic rings. The summed E-state index contributed by atoms with van der Waals surface area (Å²) in [5.74, 6) is 1.11. The van der Waals surface area contributed by atoms with E-state index in [9.17, 15) is 4.79 Å². The highest BCUT2D eigenvalue weighted by Gasteiger charge is 2.26. The molecule has 0 saturated carbocycles. The van der Waals surface area contributed by atoms with Crippen LogP contribution in [-0.4, -0.2) is 27.8 Å². The van der Waals surface area contributed by atoms with Gasteiger partial charge in [-0.1, -0.05) is 71.9 Å². The molecule has 0 bridgehead atoms. The molecule has 1 unspecified atom stereocenters. The lowest BCUT2D eigenvalue weighted by Crippen LogP contribution is -2.19. The number of hydrogen-bond donors (Lipinski definition) is 1. The van der Waals surface area contributed by atoms with Crippen molar-refractivity contribution in [3.8, 4) is 11.4 Å². The van der Waals surface area contributed by atoms with Gasteiger partial charge in [-0.15, -0.1) is 10.2 Å². The smallest absolute Gasteiger partial charge is 0.242 e. The number of para-hydroxylation sites is 1. The number of aryl methyl sites for hydroxylation is 2. The van der Waals surface area contributed by atoms with Gasteiger partial charge in [0.1, 0.15) is 16.8 Å². The van der Waals surface area contributed by atoms with Crippen molar-refractivity contribution in [1.29, 1.82) is 0 Å². The fourth-order valence-corrected chi connectivity index (χ4v) is 4.82. The van der Waals surface area contributed by atoms with Gasteiger partial charge >= 0.3 is 0 Å². The summed E-state index contributed by atoms with van der Waals surface area (Å²) >= 11 is 7.59. The first-order chi connectivity index (χ1) is 16.0. The summed E-state index contributed by atoms with van der Waals surface area (Å²) < 4.78 is 7.18. The number of halogens is 1. The molecule has 0 aliphatic carbocycles. The maximum absolute atomic E-state index is 13.4. The van der Waals surface area contributed by atoms with Crippen molar-refractivity contribution in [3.63, 3.8) is 0 Å². The van der Waals surface area contributed by atoms with E-state index in [-0.39, 0.29) is 5.91 Å². The average Bonchev–Trinajstić information content (AvgIpc) is 3.18. The van der Waals surface area contributed by atoms with Crippen LogP contribution in [0.2, 0.25) is 5.02 Å². The molecule has 0 aliphatic heterocycles. The second kappa shape index (κ2) is 10.1. The minimum Gasteiger partial charge on any atom is -0.495 e. The van der Waals surface area contributed by atoms with Gasteiger partial charge in [0.25, 0.3) is 0 Å². The molecule has 4 aromatic rings. The Labute approximate surface area is 202 Å². The Bertz CT molecular complexity index is 1280. The Balaban J connectivity index is 1.68. The molecule has 8 heteroatoms. The Morgan fingerprint density at radius 1 is 1.03 bits per heavy atom. The fraction of sp³-hybridized carbons (Fsp3) is 0.160. The zero-order chi connectivity index (χ0) is 23.4. The Morgan fingerprint density at radius 2 is 1.76 bits per heavy atom. The number of thioether (sulfide) groups is 1. The van der Waals surface area contributed by atoms with Gasteiger partial charge in [0.15, 0.2) is 5.16 Å².